The molecule has 1 saturated heterocycles. The second-order valence-corrected chi connectivity index (χ2v) is 8.19. The lowest BCUT2D eigenvalue weighted by atomic mass is 10.0. The molecule has 1 aromatic carbocycles. The molecule has 0 saturated carbocycles. The Hall–Kier alpha value is -1.11. The molecule has 1 fully saturated rings. The van der Waals surface area contributed by atoms with E-state index in [9.17, 15) is 13.2 Å². The zero-order valence-corrected chi connectivity index (χ0v) is 16.0. The van der Waals surface area contributed by atoms with E-state index < -0.39 is 9.84 Å². The van der Waals surface area contributed by atoms with Crippen LogP contribution in [0.15, 0.2) is 29.2 Å². The molecule has 0 aliphatic carbocycles. The first-order valence-electron chi connectivity index (χ1n) is 8.34. The SMILES string of the molecule is CCCN(C(=O)c1ccc(S(=O)(=O)CC)cc1)C1CCNCC1.Cl. The average molecular weight is 375 g/mol. The van der Waals surface area contributed by atoms with Crippen LogP contribution in [0.3, 0.4) is 0 Å². The standard InChI is InChI=1S/C17H26N2O3S.ClH/c1-3-13-19(15-9-11-18-12-10-15)17(20)14-5-7-16(8-6-14)23(21,22)4-2;/h5-8,15,18H,3-4,9-13H2,1-2H3;1H. The number of piperidine rings is 1. The predicted molar refractivity (Wildman–Crippen MR) is 98.6 cm³/mol. The molecule has 0 aromatic heterocycles. The third-order valence-electron chi connectivity index (χ3n) is 4.32. The number of nitrogens with zero attached hydrogens (tertiary/aromatic N) is 1. The van der Waals surface area contributed by atoms with Crippen LogP contribution < -0.4 is 5.32 Å². The highest BCUT2D eigenvalue weighted by molar-refractivity contribution is 7.91. The molecule has 1 aliphatic heterocycles. The van der Waals surface area contributed by atoms with E-state index in [1.54, 1.807) is 31.2 Å². The first-order valence-corrected chi connectivity index (χ1v) is 9.99. The van der Waals surface area contributed by atoms with E-state index in [0.717, 1.165) is 38.9 Å². The number of sulfone groups is 1. The maximum absolute atomic E-state index is 12.8. The van der Waals surface area contributed by atoms with Gasteiger partial charge in [-0.25, -0.2) is 8.42 Å². The third-order valence-corrected chi connectivity index (χ3v) is 6.07. The molecule has 1 heterocycles. The van der Waals surface area contributed by atoms with Crippen molar-refractivity contribution in [2.75, 3.05) is 25.4 Å². The first-order chi connectivity index (χ1) is 11.0. The van der Waals surface area contributed by atoms with Crippen molar-refractivity contribution in [2.45, 2.75) is 44.0 Å². The van der Waals surface area contributed by atoms with Gasteiger partial charge in [0.05, 0.1) is 10.6 Å². The number of hydrogen-bond acceptors (Lipinski definition) is 4. The van der Waals surface area contributed by atoms with Crippen molar-refractivity contribution < 1.29 is 13.2 Å². The zero-order chi connectivity index (χ0) is 16.9. The number of hydrogen-bond donors (Lipinski definition) is 1. The lowest BCUT2D eigenvalue weighted by molar-refractivity contribution is 0.0642. The van der Waals surface area contributed by atoms with Crippen LogP contribution in [0.4, 0.5) is 0 Å². The Kier molecular flexibility index (Phi) is 8.19. The van der Waals surface area contributed by atoms with Crippen molar-refractivity contribution >= 4 is 28.2 Å². The van der Waals surface area contributed by atoms with Crippen LogP contribution in [0.1, 0.15) is 43.5 Å². The van der Waals surface area contributed by atoms with E-state index in [1.165, 1.54) is 0 Å². The Balaban J connectivity index is 0.00000288. The molecule has 1 amide bonds. The summed E-state index contributed by atoms with van der Waals surface area (Å²) in [7, 11) is -3.22. The Bertz CT molecular complexity index is 626. The summed E-state index contributed by atoms with van der Waals surface area (Å²) in [5.74, 6) is 0.0660. The summed E-state index contributed by atoms with van der Waals surface area (Å²) in [4.78, 5) is 15.0. The lowest BCUT2D eigenvalue weighted by Crippen LogP contribution is -2.46. The van der Waals surface area contributed by atoms with Gasteiger partial charge in [-0.05, 0) is 56.6 Å². The van der Waals surface area contributed by atoms with Crippen molar-refractivity contribution in [1.82, 2.24) is 10.2 Å². The molecular formula is C17H27ClN2O3S. The van der Waals surface area contributed by atoms with Gasteiger partial charge >= 0.3 is 0 Å². The van der Waals surface area contributed by atoms with Gasteiger partial charge in [0.15, 0.2) is 9.84 Å². The summed E-state index contributed by atoms with van der Waals surface area (Å²) in [5.41, 5.74) is 0.562. The fourth-order valence-corrected chi connectivity index (χ4v) is 3.83. The Morgan fingerprint density at radius 1 is 1.17 bits per heavy atom. The predicted octanol–water partition coefficient (Wildman–Crippen LogP) is 2.51. The Morgan fingerprint density at radius 2 is 1.75 bits per heavy atom. The summed E-state index contributed by atoms with van der Waals surface area (Å²) in [6.07, 6.45) is 2.85. The molecule has 1 N–H and O–H groups in total. The van der Waals surface area contributed by atoms with Crippen molar-refractivity contribution in [3.05, 3.63) is 29.8 Å². The summed E-state index contributed by atoms with van der Waals surface area (Å²) >= 11 is 0. The van der Waals surface area contributed by atoms with Crippen LogP contribution >= 0.6 is 12.4 Å². The lowest BCUT2D eigenvalue weighted by Gasteiger charge is -2.34. The minimum Gasteiger partial charge on any atom is -0.336 e. The molecule has 0 radical (unpaired) electrons. The maximum Gasteiger partial charge on any atom is 0.254 e. The summed E-state index contributed by atoms with van der Waals surface area (Å²) in [6.45, 7) is 6.29. The van der Waals surface area contributed by atoms with Crippen LogP contribution in [0.5, 0.6) is 0 Å². The minimum atomic E-state index is -3.22. The van der Waals surface area contributed by atoms with Gasteiger partial charge in [-0.1, -0.05) is 13.8 Å². The van der Waals surface area contributed by atoms with Crippen LogP contribution in [0, 0.1) is 0 Å². The van der Waals surface area contributed by atoms with Gasteiger partial charge in [0.2, 0.25) is 0 Å². The van der Waals surface area contributed by atoms with Crippen LogP contribution in [-0.2, 0) is 9.84 Å². The number of carbonyl (C=O) groups excluding carboxylic acids is 1. The largest absolute Gasteiger partial charge is 0.336 e. The van der Waals surface area contributed by atoms with Gasteiger partial charge in [-0.2, -0.15) is 0 Å². The summed E-state index contributed by atoms with van der Waals surface area (Å²) in [5, 5.41) is 3.32. The first kappa shape index (κ1) is 20.9. The Labute approximate surface area is 151 Å². The fourth-order valence-electron chi connectivity index (χ4n) is 2.95. The summed E-state index contributed by atoms with van der Waals surface area (Å²) < 4.78 is 23.7. The molecule has 1 aromatic rings. The fraction of sp³-hybridized carbons (Fsp3) is 0.588. The van der Waals surface area contributed by atoms with Gasteiger partial charge in [-0.15, -0.1) is 12.4 Å². The average Bonchev–Trinajstić information content (AvgIpc) is 2.60. The van der Waals surface area contributed by atoms with Gasteiger partial charge in [0.1, 0.15) is 0 Å². The Morgan fingerprint density at radius 3 is 2.25 bits per heavy atom. The van der Waals surface area contributed by atoms with E-state index in [1.807, 2.05) is 4.90 Å². The second kappa shape index (κ2) is 9.39. The number of benzene rings is 1. The van der Waals surface area contributed by atoms with E-state index in [-0.39, 0.29) is 35.0 Å². The highest BCUT2D eigenvalue weighted by Gasteiger charge is 2.25. The molecule has 7 heteroatoms. The van der Waals surface area contributed by atoms with Gasteiger partial charge in [0.25, 0.3) is 5.91 Å². The quantitative estimate of drug-likeness (QED) is 0.830. The van der Waals surface area contributed by atoms with Gasteiger partial charge in [-0.3, -0.25) is 4.79 Å². The molecule has 2 rings (SSSR count). The number of amides is 1. The van der Waals surface area contributed by atoms with Crippen molar-refractivity contribution in [1.29, 1.82) is 0 Å². The second-order valence-electron chi connectivity index (χ2n) is 5.91. The van der Waals surface area contributed by atoms with Crippen LogP contribution in [0.2, 0.25) is 0 Å². The van der Waals surface area contributed by atoms with Crippen molar-refractivity contribution in [2.24, 2.45) is 0 Å². The number of halogens is 1. The highest BCUT2D eigenvalue weighted by atomic mass is 35.5. The van der Waals surface area contributed by atoms with Crippen molar-refractivity contribution in [3.63, 3.8) is 0 Å². The van der Waals surface area contributed by atoms with E-state index in [2.05, 4.69) is 12.2 Å². The van der Waals surface area contributed by atoms with Gasteiger partial charge in [0, 0.05) is 18.2 Å². The molecular weight excluding hydrogens is 348 g/mol. The summed E-state index contributed by atoms with van der Waals surface area (Å²) in [6, 6.07) is 6.61. The highest BCUT2D eigenvalue weighted by Crippen LogP contribution is 2.18. The smallest absolute Gasteiger partial charge is 0.254 e. The molecule has 24 heavy (non-hydrogen) atoms. The monoisotopic (exact) mass is 374 g/mol. The normalized spacial score (nSPS) is 15.6. The molecule has 1 aliphatic rings. The molecule has 0 spiro atoms. The molecule has 5 nitrogen and oxygen atoms in total. The van der Waals surface area contributed by atoms with Gasteiger partial charge < -0.3 is 10.2 Å². The topological polar surface area (TPSA) is 66.5 Å². The van der Waals surface area contributed by atoms with E-state index in [4.69, 9.17) is 0 Å². The van der Waals surface area contributed by atoms with E-state index in [0.29, 0.717) is 5.56 Å². The number of nitrogens with one attached hydrogen (secondary N) is 1. The number of carbonyl (C=O) groups is 1. The van der Waals surface area contributed by atoms with Crippen LogP contribution in [0.25, 0.3) is 0 Å². The molecule has 136 valence electrons. The molecule has 0 bridgehead atoms. The number of rotatable bonds is 6. The molecule has 0 atom stereocenters. The minimum absolute atomic E-state index is 0. The van der Waals surface area contributed by atoms with Crippen molar-refractivity contribution in [3.8, 4) is 0 Å². The third kappa shape index (κ3) is 4.94. The van der Waals surface area contributed by atoms with Crippen LogP contribution in [-0.4, -0.2) is 50.7 Å². The maximum atomic E-state index is 12.8. The molecule has 0 unspecified atom stereocenters. The van der Waals surface area contributed by atoms with E-state index >= 15 is 0 Å². The zero-order valence-electron chi connectivity index (χ0n) is 14.3.